The van der Waals surface area contributed by atoms with Gasteiger partial charge in [-0.1, -0.05) is 12.1 Å². The largest absolute Gasteiger partial charge is 0.416 e. The van der Waals surface area contributed by atoms with Crippen molar-refractivity contribution in [3.63, 3.8) is 0 Å². The molecule has 1 fully saturated rings. The molecule has 0 bridgehead atoms. The van der Waals surface area contributed by atoms with Gasteiger partial charge in [0.2, 0.25) is 0 Å². The third-order valence-electron chi connectivity index (χ3n) is 3.36. The van der Waals surface area contributed by atoms with E-state index in [0.29, 0.717) is 5.56 Å². The minimum Gasteiger partial charge on any atom is -0.394 e. The molecule has 2 rings (SSSR count). The van der Waals surface area contributed by atoms with Crippen LogP contribution in [0.25, 0.3) is 0 Å². The first-order valence-corrected chi connectivity index (χ1v) is 6.25. The molecule has 1 unspecified atom stereocenters. The van der Waals surface area contributed by atoms with Crippen LogP contribution < -0.4 is 5.32 Å². The third kappa shape index (κ3) is 3.46. The van der Waals surface area contributed by atoms with E-state index in [1.165, 1.54) is 6.07 Å². The molecule has 1 aromatic carbocycles. The van der Waals surface area contributed by atoms with Gasteiger partial charge in [-0.2, -0.15) is 13.2 Å². The van der Waals surface area contributed by atoms with Gasteiger partial charge in [-0.25, -0.2) is 0 Å². The summed E-state index contributed by atoms with van der Waals surface area (Å²) >= 11 is 0. The minimum atomic E-state index is -4.35. The Morgan fingerprint density at radius 2 is 1.95 bits per heavy atom. The summed E-state index contributed by atoms with van der Waals surface area (Å²) in [5.41, 5.74) is -0.155. The fourth-order valence-electron chi connectivity index (χ4n) is 2.35. The summed E-state index contributed by atoms with van der Waals surface area (Å²) in [4.78, 5) is 2.01. The van der Waals surface area contributed by atoms with Crippen LogP contribution in [-0.4, -0.2) is 42.8 Å². The molecule has 6 heteroatoms. The fourth-order valence-corrected chi connectivity index (χ4v) is 2.35. The van der Waals surface area contributed by atoms with E-state index in [1.54, 1.807) is 6.07 Å². The zero-order valence-corrected chi connectivity index (χ0v) is 10.5. The van der Waals surface area contributed by atoms with E-state index in [9.17, 15) is 18.3 Å². The van der Waals surface area contributed by atoms with Gasteiger partial charge in [0.15, 0.2) is 0 Å². The molecular weight excluding hydrogens is 257 g/mol. The molecule has 1 aliphatic heterocycles. The Bertz CT molecular complexity index is 417. The van der Waals surface area contributed by atoms with Gasteiger partial charge in [-0.15, -0.1) is 0 Å². The molecule has 106 valence electrons. The Labute approximate surface area is 110 Å². The van der Waals surface area contributed by atoms with E-state index in [-0.39, 0.29) is 12.6 Å². The molecule has 1 heterocycles. The number of piperazine rings is 1. The van der Waals surface area contributed by atoms with E-state index in [1.807, 2.05) is 4.90 Å². The maximum absolute atomic E-state index is 12.7. The average Bonchev–Trinajstić information content (AvgIpc) is 2.40. The first kappa shape index (κ1) is 14.3. The number of nitrogens with zero attached hydrogens (tertiary/aromatic N) is 1. The summed E-state index contributed by atoms with van der Waals surface area (Å²) in [6.07, 6.45) is -4.35. The summed E-state index contributed by atoms with van der Waals surface area (Å²) in [6, 6.07) is 4.84. The highest BCUT2D eigenvalue weighted by Gasteiger charge is 2.31. The zero-order chi connectivity index (χ0) is 13.9. The number of hydrogen-bond acceptors (Lipinski definition) is 3. The predicted molar refractivity (Wildman–Crippen MR) is 65.7 cm³/mol. The van der Waals surface area contributed by atoms with Crippen molar-refractivity contribution >= 4 is 0 Å². The van der Waals surface area contributed by atoms with E-state index in [0.717, 1.165) is 38.3 Å². The van der Waals surface area contributed by atoms with Crippen LogP contribution in [0, 0.1) is 0 Å². The number of aliphatic hydroxyl groups is 1. The van der Waals surface area contributed by atoms with Crippen LogP contribution in [0.3, 0.4) is 0 Å². The number of hydrogen-bond donors (Lipinski definition) is 2. The number of nitrogens with one attached hydrogen (secondary N) is 1. The first-order chi connectivity index (χ1) is 9.02. The number of halogens is 3. The van der Waals surface area contributed by atoms with Crippen molar-refractivity contribution in [3.05, 3.63) is 35.4 Å². The van der Waals surface area contributed by atoms with Crippen LogP contribution >= 0.6 is 0 Å². The van der Waals surface area contributed by atoms with Gasteiger partial charge >= 0.3 is 6.18 Å². The van der Waals surface area contributed by atoms with Crippen LogP contribution in [0.15, 0.2) is 24.3 Å². The molecule has 3 nitrogen and oxygen atoms in total. The molecule has 1 aliphatic rings. The van der Waals surface area contributed by atoms with Crippen molar-refractivity contribution in [3.8, 4) is 0 Å². The highest BCUT2D eigenvalue weighted by atomic mass is 19.4. The van der Waals surface area contributed by atoms with Gasteiger partial charge in [0.1, 0.15) is 0 Å². The van der Waals surface area contributed by atoms with Gasteiger partial charge < -0.3 is 10.4 Å². The summed E-state index contributed by atoms with van der Waals surface area (Å²) in [7, 11) is 0. The zero-order valence-electron chi connectivity index (χ0n) is 10.5. The Hall–Kier alpha value is -1.11. The number of alkyl halides is 3. The molecule has 1 atom stereocenters. The summed E-state index contributed by atoms with van der Waals surface area (Å²) in [6.45, 7) is 2.84. The monoisotopic (exact) mass is 274 g/mol. The molecule has 0 amide bonds. The van der Waals surface area contributed by atoms with Gasteiger partial charge in [0, 0.05) is 26.2 Å². The molecule has 1 saturated heterocycles. The lowest BCUT2D eigenvalue weighted by Crippen LogP contribution is -2.46. The second kappa shape index (κ2) is 5.90. The smallest absolute Gasteiger partial charge is 0.394 e. The van der Waals surface area contributed by atoms with Crippen molar-refractivity contribution in [2.75, 3.05) is 32.8 Å². The lowest BCUT2D eigenvalue weighted by atomic mass is 10.0. The van der Waals surface area contributed by atoms with Gasteiger partial charge in [0.25, 0.3) is 0 Å². The van der Waals surface area contributed by atoms with Gasteiger partial charge in [0.05, 0.1) is 18.2 Å². The van der Waals surface area contributed by atoms with E-state index >= 15 is 0 Å². The summed E-state index contributed by atoms with van der Waals surface area (Å²) < 4.78 is 38.1. The number of aliphatic hydroxyl groups excluding tert-OH is 1. The molecule has 0 saturated carbocycles. The lowest BCUT2D eigenvalue weighted by Gasteiger charge is -2.34. The third-order valence-corrected chi connectivity index (χ3v) is 3.36. The SMILES string of the molecule is OCC(c1cccc(C(F)(F)F)c1)N1CCNCC1. The second-order valence-electron chi connectivity index (χ2n) is 4.61. The lowest BCUT2D eigenvalue weighted by molar-refractivity contribution is -0.137. The quantitative estimate of drug-likeness (QED) is 0.879. The van der Waals surface area contributed by atoms with Gasteiger partial charge in [-0.3, -0.25) is 4.90 Å². The summed E-state index contributed by atoms with van der Waals surface area (Å²) in [5, 5.41) is 12.7. The second-order valence-corrected chi connectivity index (χ2v) is 4.61. The molecule has 19 heavy (non-hydrogen) atoms. The number of rotatable bonds is 3. The molecule has 2 N–H and O–H groups in total. The normalized spacial score (nSPS) is 19.4. The minimum absolute atomic E-state index is 0.179. The standard InChI is InChI=1S/C13H17F3N2O/c14-13(15,16)11-3-1-2-10(8-11)12(9-19)18-6-4-17-5-7-18/h1-3,8,12,17,19H,4-7,9H2. The van der Waals surface area contributed by atoms with Crippen LogP contribution in [0.4, 0.5) is 13.2 Å². The Kier molecular flexibility index (Phi) is 4.44. The Morgan fingerprint density at radius 3 is 2.53 bits per heavy atom. The van der Waals surface area contributed by atoms with E-state index in [2.05, 4.69) is 5.32 Å². The Balaban J connectivity index is 2.22. The molecule has 0 radical (unpaired) electrons. The Morgan fingerprint density at radius 1 is 1.26 bits per heavy atom. The van der Waals surface area contributed by atoms with Crippen molar-refractivity contribution in [2.24, 2.45) is 0 Å². The topological polar surface area (TPSA) is 35.5 Å². The molecular formula is C13H17F3N2O. The van der Waals surface area contributed by atoms with E-state index < -0.39 is 11.7 Å². The molecule has 0 spiro atoms. The first-order valence-electron chi connectivity index (χ1n) is 6.25. The maximum atomic E-state index is 12.7. The average molecular weight is 274 g/mol. The molecule has 0 aromatic heterocycles. The van der Waals surface area contributed by atoms with Crippen molar-refractivity contribution in [2.45, 2.75) is 12.2 Å². The molecule has 0 aliphatic carbocycles. The van der Waals surface area contributed by atoms with E-state index in [4.69, 9.17) is 0 Å². The fraction of sp³-hybridized carbons (Fsp3) is 0.538. The summed E-state index contributed by atoms with van der Waals surface area (Å²) in [5.74, 6) is 0. The highest BCUT2D eigenvalue weighted by molar-refractivity contribution is 5.28. The molecule has 1 aromatic rings. The van der Waals surface area contributed by atoms with Crippen molar-refractivity contribution in [1.29, 1.82) is 0 Å². The maximum Gasteiger partial charge on any atom is 0.416 e. The van der Waals surface area contributed by atoms with Crippen molar-refractivity contribution in [1.82, 2.24) is 10.2 Å². The number of benzene rings is 1. The highest BCUT2D eigenvalue weighted by Crippen LogP contribution is 2.31. The van der Waals surface area contributed by atoms with Crippen LogP contribution in [0.5, 0.6) is 0 Å². The van der Waals surface area contributed by atoms with Crippen LogP contribution in [0.1, 0.15) is 17.2 Å². The predicted octanol–water partition coefficient (Wildman–Crippen LogP) is 1.64. The van der Waals surface area contributed by atoms with Crippen LogP contribution in [0.2, 0.25) is 0 Å². The van der Waals surface area contributed by atoms with Crippen molar-refractivity contribution < 1.29 is 18.3 Å². The van der Waals surface area contributed by atoms with Crippen LogP contribution in [-0.2, 0) is 6.18 Å². The van der Waals surface area contributed by atoms with Gasteiger partial charge in [-0.05, 0) is 17.7 Å².